The zero-order chi connectivity index (χ0) is 12.0. The van der Waals surface area contributed by atoms with Crippen LogP contribution in [0.4, 0.5) is 0 Å². The third-order valence-corrected chi connectivity index (χ3v) is 2.46. The highest BCUT2D eigenvalue weighted by Gasteiger charge is 2.06. The summed E-state index contributed by atoms with van der Waals surface area (Å²) in [4.78, 5) is 0. The highest BCUT2D eigenvalue weighted by molar-refractivity contribution is 5.22. The normalized spacial score (nSPS) is 13.1. The Kier molecular flexibility index (Phi) is 5.50. The van der Waals surface area contributed by atoms with Gasteiger partial charge in [-0.1, -0.05) is 29.8 Å². The molecular formula is C14H22O2. The molecule has 1 aromatic rings. The van der Waals surface area contributed by atoms with Crippen molar-refractivity contribution in [3.63, 3.8) is 0 Å². The number of ether oxygens (including phenoxy) is 1. The second-order valence-corrected chi connectivity index (χ2v) is 4.56. The average molecular weight is 222 g/mol. The average Bonchev–Trinajstić information content (AvgIpc) is 2.16. The number of rotatable bonds is 6. The van der Waals surface area contributed by atoms with Gasteiger partial charge in [-0.15, -0.1) is 0 Å². The molecule has 0 saturated heterocycles. The van der Waals surface area contributed by atoms with Gasteiger partial charge in [0.1, 0.15) is 0 Å². The van der Waals surface area contributed by atoms with Crippen molar-refractivity contribution in [2.24, 2.45) is 0 Å². The molecule has 0 heterocycles. The first kappa shape index (κ1) is 13.2. The highest BCUT2D eigenvalue weighted by Crippen LogP contribution is 2.09. The zero-order valence-corrected chi connectivity index (χ0v) is 10.4. The number of hydrogen-bond acceptors (Lipinski definition) is 2. The molecule has 1 atom stereocenters. The van der Waals surface area contributed by atoms with E-state index in [-0.39, 0.29) is 12.2 Å². The Morgan fingerprint density at radius 2 is 2.06 bits per heavy atom. The predicted octanol–water partition coefficient (Wildman–Crippen LogP) is 2.71. The van der Waals surface area contributed by atoms with E-state index in [4.69, 9.17) is 4.74 Å². The fourth-order valence-electron chi connectivity index (χ4n) is 1.65. The van der Waals surface area contributed by atoms with Crippen LogP contribution in [0.3, 0.4) is 0 Å². The fraction of sp³-hybridized carbons (Fsp3) is 0.571. The summed E-state index contributed by atoms with van der Waals surface area (Å²) in [6.45, 7) is 6.71. The summed E-state index contributed by atoms with van der Waals surface area (Å²) in [6, 6.07) is 8.27. The summed E-state index contributed by atoms with van der Waals surface area (Å²) in [5.74, 6) is 0. The lowest BCUT2D eigenvalue weighted by atomic mass is 10.0. The van der Waals surface area contributed by atoms with Gasteiger partial charge >= 0.3 is 0 Å². The Labute approximate surface area is 98.3 Å². The molecule has 0 aliphatic carbocycles. The lowest BCUT2D eigenvalue weighted by Crippen LogP contribution is -2.15. The second kappa shape index (κ2) is 6.66. The van der Waals surface area contributed by atoms with Crippen LogP contribution >= 0.6 is 0 Å². The van der Waals surface area contributed by atoms with Gasteiger partial charge in [-0.2, -0.15) is 0 Å². The molecule has 0 fully saturated rings. The van der Waals surface area contributed by atoms with E-state index in [9.17, 15) is 5.11 Å². The SMILES string of the molecule is Cc1cccc(CC(O)CCOC(C)C)c1. The van der Waals surface area contributed by atoms with Gasteiger partial charge in [0.05, 0.1) is 12.2 Å². The molecule has 1 aromatic carbocycles. The second-order valence-electron chi connectivity index (χ2n) is 4.56. The molecule has 0 bridgehead atoms. The van der Waals surface area contributed by atoms with Crippen molar-refractivity contribution >= 4 is 0 Å². The lowest BCUT2D eigenvalue weighted by molar-refractivity contribution is 0.0470. The molecular weight excluding hydrogens is 200 g/mol. The molecule has 2 heteroatoms. The number of benzene rings is 1. The Morgan fingerprint density at radius 3 is 2.69 bits per heavy atom. The van der Waals surface area contributed by atoms with E-state index in [1.165, 1.54) is 11.1 Å². The molecule has 0 aliphatic rings. The van der Waals surface area contributed by atoms with Crippen LogP contribution in [0.15, 0.2) is 24.3 Å². The van der Waals surface area contributed by atoms with Crippen molar-refractivity contribution in [3.8, 4) is 0 Å². The third-order valence-electron chi connectivity index (χ3n) is 2.46. The van der Waals surface area contributed by atoms with E-state index in [2.05, 4.69) is 25.1 Å². The molecule has 90 valence electrons. The third kappa shape index (κ3) is 5.29. The van der Waals surface area contributed by atoms with Crippen LogP contribution in [0.1, 0.15) is 31.4 Å². The Hall–Kier alpha value is -0.860. The van der Waals surface area contributed by atoms with Crippen molar-refractivity contribution in [2.75, 3.05) is 6.61 Å². The van der Waals surface area contributed by atoms with Crippen LogP contribution < -0.4 is 0 Å². The Morgan fingerprint density at radius 1 is 1.31 bits per heavy atom. The zero-order valence-electron chi connectivity index (χ0n) is 10.4. The molecule has 1 unspecified atom stereocenters. The summed E-state index contributed by atoms with van der Waals surface area (Å²) in [6.07, 6.45) is 1.35. The molecule has 16 heavy (non-hydrogen) atoms. The molecule has 0 amide bonds. The largest absolute Gasteiger partial charge is 0.393 e. The first-order chi connectivity index (χ1) is 7.58. The van der Waals surface area contributed by atoms with Gasteiger partial charge in [0, 0.05) is 6.61 Å². The summed E-state index contributed by atoms with van der Waals surface area (Å²) < 4.78 is 5.41. The maximum atomic E-state index is 9.83. The summed E-state index contributed by atoms with van der Waals surface area (Å²) >= 11 is 0. The van der Waals surface area contributed by atoms with Crippen molar-refractivity contribution < 1.29 is 9.84 Å². The van der Waals surface area contributed by atoms with Gasteiger partial charge in [0.25, 0.3) is 0 Å². The van der Waals surface area contributed by atoms with Crippen molar-refractivity contribution in [1.29, 1.82) is 0 Å². The van der Waals surface area contributed by atoms with Gasteiger partial charge in [-0.3, -0.25) is 0 Å². The minimum atomic E-state index is -0.305. The number of aliphatic hydroxyl groups excluding tert-OH is 1. The van der Waals surface area contributed by atoms with Crippen LogP contribution in [0, 0.1) is 6.92 Å². The number of hydrogen-bond donors (Lipinski definition) is 1. The smallest absolute Gasteiger partial charge is 0.0602 e. The van der Waals surface area contributed by atoms with Crippen LogP contribution in [0.25, 0.3) is 0 Å². The van der Waals surface area contributed by atoms with E-state index in [0.29, 0.717) is 19.4 Å². The number of aliphatic hydroxyl groups is 1. The van der Waals surface area contributed by atoms with Gasteiger partial charge < -0.3 is 9.84 Å². The minimum Gasteiger partial charge on any atom is -0.393 e. The van der Waals surface area contributed by atoms with Gasteiger partial charge in [-0.05, 0) is 39.2 Å². The molecule has 2 nitrogen and oxygen atoms in total. The van der Waals surface area contributed by atoms with Crippen molar-refractivity contribution in [3.05, 3.63) is 35.4 Å². The standard InChI is InChI=1S/C14H22O2/c1-11(2)16-8-7-14(15)10-13-6-4-5-12(3)9-13/h4-6,9,11,14-15H,7-8,10H2,1-3H3. The Balaban J connectivity index is 2.31. The van der Waals surface area contributed by atoms with Crippen LogP contribution in [-0.2, 0) is 11.2 Å². The molecule has 1 rings (SSSR count). The van der Waals surface area contributed by atoms with Gasteiger partial charge in [-0.25, -0.2) is 0 Å². The van der Waals surface area contributed by atoms with Crippen LogP contribution in [0.2, 0.25) is 0 Å². The molecule has 0 spiro atoms. The van der Waals surface area contributed by atoms with Crippen molar-refractivity contribution in [2.45, 2.75) is 45.8 Å². The van der Waals surface area contributed by atoms with E-state index >= 15 is 0 Å². The topological polar surface area (TPSA) is 29.5 Å². The summed E-state index contributed by atoms with van der Waals surface area (Å²) in [5, 5.41) is 9.83. The minimum absolute atomic E-state index is 0.242. The van der Waals surface area contributed by atoms with E-state index in [1.807, 2.05) is 19.9 Å². The van der Waals surface area contributed by atoms with E-state index in [0.717, 1.165) is 0 Å². The number of aryl methyl sites for hydroxylation is 1. The predicted molar refractivity (Wildman–Crippen MR) is 66.6 cm³/mol. The van der Waals surface area contributed by atoms with E-state index < -0.39 is 0 Å². The Bertz CT molecular complexity index is 307. The first-order valence-electron chi connectivity index (χ1n) is 5.93. The quantitative estimate of drug-likeness (QED) is 0.802. The molecule has 0 saturated carbocycles. The highest BCUT2D eigenvalue weighted by atomic mass is 16.5. The molecule has 0 aromatic heterocycles. The van der Waals surface area contributed by atoms with Crippen molar-refractivity contribution in [1.82, 2.24) is 0 Å². The molecule has 0 radical (unpaired) electrons. The maximum Gasteiger partial charge on any atom is 0.0602 e. The van der Waals surface area contributed by atoms with Crippen LogP contribution in [-0.4, -0.2) is 23.9 Å². The maximum absolute atomic E-state index is 9.83. The molecule has 1 N–H and O–H groups in total. The summed E-state index contributed by atoms with van der Waals surface area (Å²) in [5.41, 5.74) is 2.43. The summed E-state index contributed by atoms with van der Waals surface area (Å²) in [7, 11) is 0. The molecule has 0 aliphatic heterocycles. The lowest BCUT2D eigenvalue weighted by Gasteiger charge is -2.12. The fourth-order valence-corrected chi connectivity index (χ4v) is 1.65. The first-order valence-corrected chi connectivity index (χ1v) is 5.93. The van der Waals surface area contributed by atoms with E-state index in [1.54, 1.807) is 0 Å². The monoisotopic (exact) mass is 222 g/mol. The van der Waals surface area contributed by atoms with Gasteiger partial charge in [0.15, 0.2) is 0 Å². The van der Waals surface area contributed by atoms with Gasteiger partial charge in [0.2, 0.25) is 0 Å². The van der Waals surface area contributed by atoms with Crippen LogP contribution in [0.5, 0.6) is 0 Å².